The van der Waals surface area contributed by atoms with E-state index in [2.05, 4.69) is 15.4 Å². The van der Waals surface area contributed by atoms with Gasteiger partial charge in [-0.25, -0.2) is 0 Å². The highest BCUT2D eigenvalue weighted by Crippen LogP contribution is 2.05. The first-order valence-electron chi connectivity index (χ1n) is 2.53. The first kappa shape index (κ1) is 6.35. The lowest BCUT2D eigenvalue weighted by Crippen LogP contribution is -2.20. The van der Waals surface area contributed by atoms with Crippen molar-refractivity contribution < 1.29 is 0 Å². The second-order valence-corrected chi connectivity index (χ2v) is 2.09. The average molecular weight is 141 g/mol. The highest BCUT2D eigenvalue weighted by Gasteiger charge is 1.94. The van der Waals surface area contributed by atoms with Crippen molar-refractivity contribution in [3.05, 3.63) is 12.7 Å². The van der Waals surface area contributed by atoms with Crippen LogP contribution in [-0.2, 0) is 0 Å². The van der Waals surface area contributed by atoms with E-state index in [1.54, 1.807) is 18.8 Å². The van der Waals surface area contributed by atoms with E-state index in [0.717, 1.165) is 6.54 Å². The van der Waals surface area contributed by atoms with Crippen LogP contribution in [0, 0.1) is 0 Å². The van der Waals surface area contributed by atoms with Gasteiger partial charge in [0.1, 0.15) is 24.8 Å². The smallest absolute Gasteiger partial charge is 0.118 e. The van der Waals surface area contributed by atoms with Crippen LogP contribution in [0.5, 0.6) is 0 Å². The van der Waals surface area contributed by atoms with Gasteiger partial charge in [0.2, 0.25) is 0 Å². The van der Waals surface area contributed by atoms with Crippen LogP contribution < -0.4 is 0 Å². The van der Waals surface area contributed by atoms with Crippen LogP contribution in [0.2, 0.25) is 0 Å². The molecule has 0 atom stereocenters. The topological polar surface area (TPSA) is 28.0 Å². The summed E-state index contributed by atoms with van der Waals surface area (Å²) in [6.45, 7) is 4.35. The molecule has 1 heterocycles. The van der Waals surface area contributed by atoms with E-state index >= 15 is 0 Å². The Labute approximate surface area is 58.4 Å². The van der Waals surface area contributed by atoms with E-state index in [1.165, 1.54) is 12.1 Å². The summed E-state index contributed by atoms with van der Waals surface area (Å²) in [5, 5.41) is 0. The number of rotatable bonds is 2. The molecule has 0 aromatic heterocycles. The van der Waals surface area contributed by atoms with Crippen molar-refractivity contribution >= 4 is 24.8 Å². The quantitative estimate of drug-likeness (QED) is 0.425. The van der Waals surface area contributed by atoms with Crippen molar-refractivity contribution in [3.8, 4) is 0 Å². The fraction of sp³-hybridized carbons (Fsp3) is 0.200. The van der Waals surface area contributed by atoms with Gasteiger partial charge in [0.05, 0.1) is 0 Å². The van der Waals surface area contributed by atoms with E-state index in [9.17, 15) is 0 Å². The summed E-state index contributed by atoms with van der Waals surface area (Å²) < 4.78 is 7.70. The van der Waals surface area contributed by atoms with E-state index in [1.807, 2.05) is 4.90 Å². The van der Waals surface area contributed by atoms with Crippen LogP contribution in [-0.4, -0.2) is 24.1 Å². The molecule has 0 spiro atoms. The molecule has 4 heteroatoms. The van der Waals surface area contributed by atoms with Crippen molar-refractivity contribution in [3.63, 3.8) is 0 Å². The Morgan fingerprint density at radius 2 is 2.22 bits per heavy atom. The molecule has 0 radical (unpaired) electrons. The molecule has 0 saturated heterocycles. The van der Waals surface area contributed by atoms with Gasteiger partial charge in [-0.15, -0.1) is 6.58 Å². The third-order valence-corrected chi connectivity index (χ3v) is 1.20. The molecule has 1 aliphatic heterocycles. The van der Waals surface area contributed by atoms with Crippen molar-refractivity contribution in [2.24, 2.45) is 8.80 Å². The second kappa shape index (κ2) is 3.29. The molecule has 1 aliphatic rings. The van der Waals surface area contributed by atoms with Gasteiger partial charge in [-0.3, -0.25) is 0 Å². The predicted molar refractivity (Wildman–Crippen MR) is 41.5 cm³/mol. The van der Waals surface area contributed by atoms with Gasteiger partial charge in [0, 0.05) is 6.54 Å². The largest absolute Gasteiger partial charge is 0.318 e. The van der Waals surface area contributed by atoms with Gasteiger partial charge < -0.3 is 4.90 Å². The minimum absolute atomic E-state index is 0.771. The number of hydrogen-bond acceptors (Lipinski definition) is 4. The minimum atomic E-state index is 0.771. The van der Waals surface area contributed by atoms with Gasteiger partial charge >= 0.3 is 0 Å². The summed E-state index contributed by atoms with van der Waals surface area (Å²) in [5.41, 5.74) is 0. The van der Waals surface area contributed by atoms with Crippen LogP contribution in [0.15, 0.2) is 21.5 Å². The highest BCUT2D eigenvalue weighted by atomic mass is 32.2. The molecule has 0 N–H and O–H groups in total. The maximum atomic E-state index is 3.85. The molecular formula is C5H7N3S. The molecule has 0 fully saturated rings. The maximum Gasteiger partial charge on any atom is 0.118 e. The van der Waals surface area contributed by atoms with E-state index in [4.69, 9.17) is 0 Å². The molecule has 0 unspecified atom stereocenters. The zero-order valence-electron chi connectivity index (χ0n) is 4.90. The van der Waals surface area contributed by atoms with Crippen LogP contribution >= 0.6 is 12.1 Å². The average Bonchev–Trinajstić information content (AvgIpc) is 1.91. The molecule has 0 amide bonds. The van der Waals surface area contributed by atoms with Crippen molar-refractivity contribution in [2.75, 3.05) is 6.54 Å². The van der Waals surface area contributed by atoms with E-state index in [-0.39, 0.29) is 0 Å². The zero-order valence-corrected chi connectivity index (χ0v) is 5.71. The first-order valence-corrected chi connectivity index (χ1v) is 3.26. The lowest BCUT2D eigenvalue weighted by Gasteiger charge is -2.11. The molecule has 48 valence electrons. The molecular weight excluding hydrogens is 134 g/mol. The summed E-state index contributed by atoms with van der Waals surface area (Å²) in [7, 11) is 0. The lowest BCUT2D eigenvalue weighted by molar-refractivity contribution is 0.724. The molecule has 1 rings (SSSR count). The Morgan fingerprint density at radius 3 is 2.78 bits per heavy atom. The Balaban J connectivity index is 2.39. The fourth-order valence-corrected chi connectivity index (χ4v) is 0.845. The summed E-state index contributed by atoms with van der Waals surface area (Å²) in [6.07, 6.45) is 5.24. The Morgan fingerprint density at radius 1 is 1.56 bits per heavy atom. The van der Waals surface area contributed by atoms with Crippen LogP contribution in [0.25, 0.3) is 0 Å². The third kappa shape index (κ3) is 1.89. The molecule has 0 aromatic carbocycles. The standard InChI is InChI=1S/C5H7N3S/c1-2-3-8-4-6-9-7-5-8/h2,4-5H,1,3H2. The van der Waals surface area contributed by atoms with Crippen LogP contribution in [0.1, 0.15) is 0 Å². The van der Waals surface area contributed by atoms with Crippen molar-refractivity contribution in [2.45, 2.75) is 0 Å². The fourth-order valence-electron chi connectivity index (χ4n) is 0.464. The third-order valence-electron chi connectivity index (χ3n) is 0.825. The van der Waals surface area contributed by atoms with Gasteiger partial charge in [-0.05, 0) is 0 Å². The van der Waals surface area contributed by atoms with Gasteiger partial charge in [0.25, 0.3) is 0 Å². The summed E-state index contributed by atoms with van der Waals surface area (Å²) in [6, 6.07) is 0. The minimum Gasteiger partial charge on any atom is -0.318 e. The Bertz CT molecular complexity index is 140. The lowest BCUT2D eigenvalue weighted by atomic mass is 10.6. The summed E-state index contributed by atoms with van der Waals surface area (Å²) >= 11 is 1.19. The normalized spacial score (nSPS) is 16.2. The predicted octanol–water partition coefficient (Wildman–Crippen LogP) is 1.11. The Hall–Kier alpha value is -0.770. The number of nitrogens with zero attached hydrogens (tertiary/aromatic N) is 3. The van der Waals surface area contributed by atoms with Gasteiger partial charge in [-0.2, -0.15) is 8.80 Å². The first-order chi connectivity index (χ1) is 4.43. The molecule has 9 heavy (non-hydrogen) atoms. The Kier molecular flexibility index (Phi) is 2.32. The monoisotopic (exact) mass is 141 g/mol. The maximum absolute atomic E-state index is 3.85. The zero-order chi connectivity index (χ0) is 6.53. The van der Waals surface area contributed by atoms with Crippen LogP contribution in [0.4, 0.5) is 0 Å². The number of hydrogen-bond donors (Lipinski definition) is 0. The summed E-state index contributed by atoms with van der Waals surface area (Å²) in [5.74, 6) is 0. The van der Waals surface area contributed by atoms with E-state index in [0.29, 0.717) is 0 Å². The highest BCUT2D eigenvalue weighted by molar-refractivity contribution is 7.97. The molecule has 0 saturated carbocycles. The second-order valence-electron chi connectivity index (χ2n) is 1.51. The SMILES string of the molecule is C=CCN1C=NSN=C1. The van der Waals surface area contributed by atoms with E-state index < -0.39 is 0 Å². The van der Waals surface area contributed by atoms with Gasteiger partial charge in [-0.1, -0.05) is 6.08 Å². The van der Waals surface area contributed by atoms with Crippen molar-refractivity contribution in [1.29, 1.82) is 0 Å². The molecule has 0 aliphatic carbocycles. The van der Waals surface area contributed by atoms with Gasteiger partial charge in [0.15, 0.2) is 0 Å². The molecule has 0 bridgehead atoms. The van der Waals surface area contributed by atoms with Crippen molar-refractivity contribution in [1.82, 2.24) is 4.90 Å². The molecule has 0 aromatic rings. The summed E-state index contributed by atoms with van der Waals surface area (Å²) in [4.78, 5) is 1.85. The van der Waals surface area contributed by atoms with Crippen LogP contribution in [0.3, 0.4) is 0 Å². The molecule has 3 nitrogen and oxygen atoms in total.